The van der Waals surface area contributed by atoms with Crippen molar-refractivity contribution >= 4 is 23.3 Å². The van der Waals surface area contributed by atoms with E-state index >= 15 is 0 Å². The first kappa shape index (κ1) is 14.3. The van der Waals surface area contributed by atoms with Crippen molar-refractivity contribution in [2.24, 2.45) is 11.8 Å². The lowest BCUT2D eigenvalue weighted by Crippen LogP contribution is -2.57. The van der Waals surface area contributed by atoms with Crippen LogP contribution in [0.15, 0.2) is 18.3 Å². The lowest BCUT2D eigenvalue weighted by Gasteiger charge is -2.45. The molecule has 1 N–H and O–H groups in total. The van der Waals surface area contributed by atoms with Crippen LogP contribution in [0.1, 0.15) is 25.7 Å². The van der Waals surface area contributed by atoms with E-state index in [4.69, 9.17) is 16.3 Å². The number of urea groups is 1. The first-order valence-electron chi connectivity index (χ1n) is 7.96. The van der Waals surface area contributed by atoms with Crippen LogP contribution in [0.5, 0.6) is 0 Å². The number of halogens is 1. The Hall–Kier alpha value is -1.33. The summed E-state index contributed by atoms with van der Waals surface area (Å²) < 4.78 is 6.16. The van der Waals surface area contributed by atoms with Crippen LogP contribution in [-0.2, 0) is 4.74 Å². The van der Waals surface area contributed by atoms with Gasteiger partial charge in [0.2, 0.25) is 0 Å². The van der Waals surface area contributed by atoms with Crippen LogP contribution in [0.25, 0.3) is 0 Å². The van der Waals surface area contributed by atoms with E-state index in [0.717, 1.165) is 12.3 Å². The lowest BCUT2D eigenvalue weighted by atomic mass is 9.83. The zero-order chi connectivity index (χ0) is 15.2. The summed E-state index contributed by atoms with van der Waals surface area (Å²) in [7, 11) is 0. The van der Waals surface area contributed by atoms with Gasteiger partial charge in [-0.05, 0) is 49.7 Å². The van der Waals surface area contributed by atoms with Crippen molar-refractivity contribution in [1.29, 1.82) is 0 Å². The van der Waals surface area contributed by atoms with Gasteiger partial charge in [-0.25, -0.2) is 9.78 Å². The molecule has 118 valence electrons. The summed E-state index contributed by atoms with van der Waals surface area (Å²) in [6.07, 6.45) is 6.55. The van der Waals surface area contributed by atoms with Gasteiger partial charge in [-0.2, -0.15) is 0 Å². The molecule has 3 unspecified atom stereocenters. The Kier molecular flexibility index (Phi) is 3.50. The summed E-state index contributed by atoms with van der Waals surface area (Å²) in [5.41, 5.74) is 0.583. The fourth-order valence-corrected chi connectivity index (χ4v) is 4.51. The molecule has 3 atom stereocenters. The van der Waals surface area contributed by atoms with Crippen LogP contribution in [0.4, 0.5) is 10.5 Å². The highest BCUT2D eigenvalue weighted by Crippen LogP contribution is 2.53. The molecule has 2 bridgehead atoms. The Labute approximate surface area is 135 Å². The fraction of sp³-hybridized carbons (Fsp3) is 0.625. The predicted octanol–water partition coefficient (Wildman–Crippen LogP) is 3.16. The SMILES string of the molecule is O=C(Nc1ccc(Cl)nc1)N1CCOC2(CC3CCC2C3)C1. The van der Waals surface area contributed by atoms with Gasteiger partial charge in [0.05, 0.1) is 30.6 Å². The quantitative estimate of drug-likeness (QED) is 0.808. The second kappa shape index (κ2) is 5.39. The summed E-state index contributed by atoms with van der Waals surface area (Å²) in [5.74, 6) is 1.43. The zero-order valence-corrected chi connectivity index (χ0v) is 13.2. The van der Waals surface area contributed by atoms with E-state index in [9.17, 15) is 4.79 Å². The Bertz CT molecular complexity index is 579. The molecule has 0 radical (unpaired) electrons. The monoisotopic (exact) mass is 321 g/mol. The number of fused-ring (bicyclic) bond motifs is 3. The van der Waals surface area contributed by atoms with Crippen LogP contribution in [0, 0.1) is 11.8 Å². The number of hydrogen-bond acceptors (Lipinski definition) is 3. The van der Waals surface area contributed by atoms with Gasteiger partial charge in [-0.15, -0.1) is 0 Å². The third-order valence-corrected chi connectivity index (χ3v) is 5.62. The molecular formula is C16H20ClN3O2. The molecule has 2 aliphatic carbocycles. The van der Waals surface area contributed by atoms with E-state index in [-0.39, 0.29) is 11.6 Å². The van der Waals surface area contributed by atoms with Gasteiger partial charge in [0, 0.05) is 6.54 Å². The minimum absolute atomic E-state index is 0.0745. The molecule has 22 heavy (non-hydrogen) atoms. The van der Waals surface area contributed by atoms with Crippen LogP contribution in [0.2, 0.25) is 5.15 Å². The lowest BCUT2D eigenvalue weighted by molar-refractivity contribution is -0.126. The second-order valence-electron chi connectivity index (χ2n) is 6.71. The molecule has 0 aromatic carbocycles. The van der Waals surface area contributed by atoms with Crippen molar-refractivity contribution in [3.8, 4) is 0 Å². The Morgan fingerprint density at radius 2 is 2.36 bits per heavy atom. The van der Waals surface area contributed by atoms with Crippen LogP contribution < -0.4 is 5.32 Å². The number of carbonyl (C=O) groups is 1. The van der Waals surface area contributed by atoms with E-state index < -0.39 is 0 Å². The molecule has 1 saturated heterocycles. The molecule has 2 saturated carbocycles. The number of carbonyl (C=O) groups excluding carboxylic acids is 1. The summed E-state index contributed by atoms with van der Waals surface area (Å²) >= 11 is 5.76. The summed E-state index contributed by atoms with van der Waals surface area (Å²) in [4.78, 5) is 18.4. The van der Waals surface area contributed by atoms with Crippen LogP contribution >= 0.6 is 11.6 Å². The number of anilines is 1. The smallest absolute Gasteiger partial charge is 0.322 e. The molecule has 2 heterocycles. The molecule has 3 fully saturated rings. The average Bonchev–Trinajstić information content (AvgIpc) is 3.10. The highest BCUT2D eigenvalue weighted by atomic mass is 35.5. The van der Waals surface area contributed by atoms with Crippen molar-refractivity contribution in [3.63, 3.8) is 0 Å². The average molecular weight is 322 g/mol. The minimum atomic E-state index is -0.0866. The molecule has 4 rings (SSSR count). The maximum Gasteiger partial charge on any atom is 0.322 e. The number of ether oxygens (including phenoxy) is 1. The Morgan fingerprint density at radius 1 is 1.45 bits per heavy atom. The largest absolute Gasteiger partial charge is 0.371 e. The van der Waals surface area contributed by atoms with Gasteiger partial charge < -0.3 is 15.0 Å². The predicted molar refractivity (Wildman–Crippen MR) is 84.0 cm³/mol. The molecule has 1 aliphatic heterocycles. The van der Waals surface area contributed by atoms with Gasteiger partial charge in [0.1, 0.15) is 5.15 Å². The highest BCUT2D eigenvalue weighted by Gasteiger charge is 2.54. The van der Waals surface area contributed by atoms with Gasteiger partial charge in [-0.3, -0.25) is 0 Å². The summed E-state index contributed by atoms with van der Waals surface area (Å²) in [6, 6.07) is 3.36. The number of pyridine rings is 1. The number of nitrogens with one attached hydrogen (secondary N) is 1. The van der Waals surface area contributed by atoms with Gasteiger partial charge in [-0.1, -0.05) is 11.6 Å². The van der Waals surface area contributed by atoms with E-state index in [0.29, 0.717) is 36.5 Å². The van der Waals surface area contributed by atoms with E-state index in [1.54, 1.807) is 18.3 Å². The van der Waals surface area contributed by atoms with Crippen molar-refractivity contribution < 1.29 is 9.53 Å². The first-order chi connectivity index (χ1) is 10.6. The third-order valence-electron chi connectivity index (χ3n) is 5.39. The maximum atomic E-state index is 12.5. The molecular weight excluding hydrogens is 302 g/mol. The van der Waals surface area contributed by atoms with Crippen molar-refractivity contribution in [2.45, 2.75) is 31.3 Å². The van der Waals surface area contributed by atoms with E-state index in [1.807, 2.05) is 4.90 Å². The van der Waals surface area contributed by atoms with Crippen LogP contribution in [0.3, 0.4) is 0 Å². The fourth-order valence-electron chi connectivity index (χ4n) is 4.40. The number of aromatic nitrogens is 1. The molecule has 5 nitrogen and oxygen atoms in total. The number of rotatable bonds is 1. The third kappa shape index (κ3) is 2.46. The van der Waals surface area contributed by atoms with E-state index in [2.05, 4.69) is 10.3 Å². The normalized spacial score (nSPS) is 33.4. The molecule has 1 aromatic rings. The van der Waals surface area contributed by atoms with Crippen molar-refractivity contribution in [3.05, 3.63) is 23.5 Å². The van der Waals surface area contributed by atoms with Gasteiger partial charge >= 0.3 is 6.03 Å². The van der Waals surface area contributed by atoms with Crippen molar-refractivity contribution in [2.75, 3.05) is 25.0 Å². The number of morpholine rings is 1. The molecule has 6 heteroatoms. The molecule has 1 aromatic heterocycles. The standard InChI is InChI=1S/C16H20ClN3O2/c17-14-4-3-13(9-18-14)19-15(21)20-5-6-22-16(10-20)8-11-1-2-12(16)7-11/h3-4,9,11-12H,1-2,5-8,10H2,(H,19,21). The number of amides is 2. The second-order valence-corrected chi connectivity index (χ2v) is 7.10. The number of nitrogens with zero attached hydrogens (tertiary/aromatic N) is 2. The number of hydrogen-bond donors (Lipinski definition) is 1. The topological polar surface area (TPSA) is 54.5 Å². The highest BCUT2D eigenvalue weighted by molar-refractivity contribution is 6.29. The van der Waals surface area contributed by atoms with Gasteiger partial charge in [0.25, 0.3) is 0 Å². The maximum absolute atomic E-state index is 12.5. The summed E-state index contributed by atoms with van der Waals surface area (Å²) in [6.45, 7) is 1.99. The Morgan fingerprint density at radius 3 is 3.05 bits per heavy atom. The van der Waals surface area contributed by atoms with Crippen LogP contribution in [-0.4, -0.2) is 41.2 Å². The molecule has 3 aliphatic rings. The molecule has 2 amide bonds. The van der Waals surface area contributed by atoms with E-state index in [1.165, 1.54) is 19.3 Å². The van der Waals surface area contributed by atoms with Crippen molar-refractivity contribution in [1.82, 2.24) is 9.88 Å². The minimum Gasteiger partial charge on any atom is -0.371 e. The summed E-state index contributed by atoms with van der Waals surface area (Å²) in [5, 5.41) is 3.32. The van der Waals surface area contributed by atoms with Gasteiger partial charge in [0.15, 0.2) is 0 Å². The first-order valence-corrected chi connectivity index (χ1v) is 8.34. The molecule has 1 spiro atoms. The zero-order valence-electron chi connectivity index (χ0n) is 12.4. The Balaban J connectivity index is 1.44.